The second kappa shape index (κ2) is 8.79. The van der Waals surface area contributed by atoms with Crippen molar-refractivity contribution in [2.24, 2.45) is 0 Å². The van der Waals surface area contributed by atoms with Crippen molar-refractivity contribution >= 4 is 0 Å². The van der Waals surface area contributed by atoms with Gasteiger partial charge in [-0.1, -0.05) is 6.92 Å². The van der Waals surface area contributed by atoms with Gasteiger partial charge >= 0.3 is 5.97 Å². The van der Waals surface area contributed by atoms with Gasteiger partial charge in [0, 0.05) is 0 Å². The standard InChI is InChI=1S/2C4H10O4/c5-1-3(7)4(8)2-6;1-2-3(5)4(6,7)8/h3-8H,1-2H2;3,5-8H,2H2,1H3. The molecule has 0 aromatic rings. The molecule has 0 aliphatic heterocycles. The van der Waals surface area contributed by atoms with E-state index >= 15 is 0 Å². The van der Waals surface area contributed by atoms with Crippen LogP contribution in [0.2, 0.25) is 0 Å². The molecule has 0 radical (unpaired) electrons. The summed E-state index contributed by atoms with van der Waals surface area (Å²) in [5, 5.41) is 66.0. The first-order valence-electron chi connectivity index (χ1n) is 4.63. The normalized spacial score (nSPS) is 17.1. The Hall–Kier alpha value is -0.320. The Balaban J connectivity index is 0. The summed E-state index contributed by atoms with van der Waals surface area (Å²) in [6.07, 6.45) is -3.83. The molecule has 8 heteroatoms. The van der Waals surface area contributed by atoms with Crippen molar-refractivity contribution in [1.29, 1.82) is 0 Å². The molecule has 0 aliphatic rings. The van der Waals surface area contributed by atoms with Crippen LogP contribution >= 0.6 is 0 Å². The van der Waals surface area contributed by atoms with E-state index in [1.165, 1.54) is 6.92 Å². The first-order chi connectivity index (χ1) is 7.20. The first-order valence-corrected chi connectivity index (χ1v) is 4.63. The van der Waals surface area contributed by atoms with Crippen molar-refractivity contribution in [3.63, 3.8) is 0 Å². The Morgan fingerprint density at radius 1 is 0.875 bits per heavy atom. The van der Waals surface area contributed by atoms with E-state index < -0.39 is 37.5 Å². The molecule has 0 aromatic carbocycles. The molecule has 3 atom stereocenters. The van der Waals surface area contributed by atoms with E-state index in [-0.39, 0.29) is 6.42 Å². The van der Waals surface area contributed by atoms with Crippen molar-refractivity contribution in [2.45, 2.75) is 37.6 Å². The predicted molar refractivity (Wildman–Crippen MR) is 51.9 cm³/mol. The second-order valence-corrected chi connectivity index (χ2v) is 3.11. The maximum absolute atomic E-state index is 8.47. The highest BCUT2D eigenvalue weighted by molar-refractivity contribution is 4.62. The molecule has 0 saturated carbocycles. The monoisotopic (exact) mass is 244 g/mol. The van der Waals surface area contributed by atoms with E-state index in [4.69, 9.17) is 40.9 Å². The van der Waals surface area contributed by atoms with Crippen LogP contribution in [0.3, 0.4) is 0 Å². The largest absolute Gasteiger partial charge is 0.394 e. The van der Waals surface area contributed by atoms with Gasteiger partial charge in [-0.15, -0.1) is 0 Å². The van der Waals surface area contributed by atoms with Crippen LogP contribution in [0.15, 0.2) is 0 Å². The molecule has 0 heterocycles. The van der Waals surface area contributed by atoms with Gasteiger partial charge in [-0.3, -0.25) is 0 Å². The summed E-state index contributed by atoms with van der Waals surface area (Å²) in [4.78, 5) is 0. The van der Waals surface area contributed by atoms with Crippen LogP contribution in [0.5, 0.6) is 0 Å². The molecule has 0 amide bonds. The van der Waals surface area contributed by atoms with Gasteiger partial charge in [0.25, 0.3) is 0 Å². The maximum atomic E-state index is 8.47. The zero-order chi connectivity index (χ0) is 13.4. The Bertz CT molecular complexity index is 149. The van der Waals surface area contributed by atoms with E-state index in [9.17, 15) is 0 Å². The third-order valence-electron chi connectivity index (χ3n) is 1.65. The Kier molecular flexibility index (Phi) is 9.92. The van der Waals surface area contributed by atoms with Gasteiger partial charge in [0.15, 0.2) is 0 Å². The van der Waals surface area contributed by atoms with Gasteiger partial charge in [-0.05, 0) is 6.42 Å². The number of hydrogen-bond acceptors (Lipinski definition) is 8. The quantitative estimate of drug-likeness (QED) is 0.227. The number of hydrogen-bond donors (Lipinski definition) is 8. The molecule has 0 bridgehead atoms. The summed E-state index contributed by atoms with van der Waals surface area (Å²) in [6, 6.07) is 0. The van der Waals surface area contributed by atoms with Crippen molar-refractivity contribution in [1.82, 2.24) is 0 Å². The predicted octanol–water partition coefficient (Wildman–Crippen LogP) is -3.92. The molecule has 0 aromatic heterocycles. The number of aliphatic hydroxyl groups is 8. The third kappa shape index (κ3) is 8.95. The van der Waals surface area contributed by atoms with Crippen molar-refractivity contribution < 1.29 is 40.9 Å². The lowest BCUT2D eigenvalue weighted by molar-refractivity contribution is -0.354. The first kappa shape index (κ1) is 18.1. The zero-order valence-electron chi connectivity index (χ0n) is 8.93. The minimum Gasteiger partial charge on any atom is -0.394 e. The zero-order valence-corrected chi connectivity index (χ0v) is 8.93. The lowest BCUT2D eigenvalue weighted by Crippen LogP contribution is -2.41. The molecule has 8 nitrogen and oxygen atoms in total. The highest BCUT2D eigenvalue weighted by Crippen LogP contribution is 2.03. The molecule has 0 rings (SSSR count). The molecule has 8 N–H and O–H groups in total. The van der Waals surface area contributed by atoms with E-state index in [1.807, 2.05) is 0 Å². The van der Waals surface area contributed by atoms with E-state index in [0.29, 0.717) is 0 Å². The molecule has 0 saturated heterocycles. The smallest absolute Gasteiger partial charge is 0.302 e. The molecule has 100 valence electrons. The fourth-order valence-electron chi connectivity index (χ4n) is 0.517. The summed E-state index contributed by atoms with van der Waals surface area (Å²) >= 11 is 0. The van der Waals surface area contributed by atoms with Crippen LogP contribution in [0.4, 0.5) is 0 Å². The summed E-state index contributed by atoms with van der Waals surface area (Å²) < 4.78 is 0. The number of aliphatic hydroxyl groups excluding tert-OH is 5. The van der Waals surface area contributed by atoms with E-state index in [0.717, 1.165) is 0 Å². The van der Waals surface area contributed by atoms with Gasteiger partial charge in [0.05, 0.1) is 13.2 Å². The molecule has 0 aliphatic carbocycles. The minimum atomic E-state index is -2.94. The molecular weight excluding hydrogens is 224 g/mol. The fraction of sp³-hybridized carbons (Fsp3) is 1.00. The highest BCUT2D eigenvalue weighted by Gasteiger charge is 2.27. The molecular formula is C8H20O8. The summed E-state index contributed by atoms with van der Waals surface area (Å²) in [5.41, 5.74) is 0. The molecule has 0 spiro atoms. The lowest BCUT2D eigenvalue weighted by Gasteiger charge is -2.18. The summed E-state index contributed by atoms with van der Waals surface area (Å²) in [6.45, 7) is 0.464. The average Bonchev–Trinajstić information content (AvgIpc) is 2.25. The van der Waals surface area contributed by atoms with Crippen LogP contribution in [0, 0.1) is 0 Å². The fourth-order valence-corrected chi connectivity index (χ4v) is 0.517. The molecule has 3 unspecified atom stereocenters. The Morgan fingerprint density at radius 2 is 1.19 bits per heavy atom. The van der Waals surface area contributed by atoms with Crippen molar-refractivity contribution in [3.05, 3.63) is 0 Å². The van der Waals surface area contributed by atoms with Crippen LogP contribution in [-0.2, 0) is 0 Å². The van der Waals surface area contributed by atoms with E-state index in [1.54, 1.807) is 0 Å². The highest BCUT2D eigenvalue weighted by atomic mass is 16.7. The van der Waals surface area contributed by atoms with Crippen LogP contribution < -0.4 is 0 Å². The van der Waals surface area contributed by atoms with Gasteiger partial charge in [0.2, 0.25) is 0 Å². The van der Waals surface area contributed by atoms with Gasteiger partial charge in [-0.2, -0.15) is 0 Å². The molecule has 16 heavy (non-hydrogen) atoms. The summed E-state index contributed by atoms with van der Waals surface area (Å²) in [5.74, 6) is -2.94. The van der Waals surface area contributed by atoms with E-state index in [2.05, 4.69) is 0 Å². The second-order valence-electron chi connectivity index (χ2n) is 3.11. The van der Waals surface area contributed by atoms with Crippen LogP contribution in [-0.4, -0.2) is 78.4 Å². The van der Waals surface area contributed by atoms with Crippen LogP contribution in [0.25, 0.3) is 0 Å². The SMILES string of the molecule is CCC(O)C(O)(O)O.OCC(O)C(O)CO. The van der Waals surface area contributed by atoms with Gasteiger partial charge < -0.3 is 40.9 Å². The topological polar surface area (TPSA) is 162 Å². The van der Waals surface area contributed by atoms with Crippen LogP contribution in [0.1, 0.15) is 13.3 Å². The Labute approximate surface area is 92.7 Å². The summed E-state index contributed by atoms with van der Waals surface area (Å²) in [7, 11) is 0. The lowest BCUT2D eigenvalue weighted by atomic mass is 10.2. The van der Waals surface area contributed by atoms with Gasteiger partial charge in [-0.25, -0.2) is 0 Å². The maximum Gasteiger partial charge on any atom is 0.302 e. The Morgan fingerprint density at radius 3 is 1.25 bits per heavy atom. The molecule has 0 fully saturated rings. The van der Waals surface area contributed by atoms with Gasteiger partial charge in [0.1, 0.15) is 18.3 Å². The minimum absolute atomic E-state index is 0.101. The number of rotatable bonds is 5. The van der Waals surface area contributed by atoms with Crippen molar-refractivity contribution in [2.75, 3.05) is 13.2 Å². The van der Waals surface area contributed by atoms with Crippen molar-refractivity contribution in [3.8, 4) is 0 Å². The third-order valence-corrected chi connectivity index (χ3v) is 1.65. The average molecular weight is 244 g/mol.